The minimum Gasteiger partial charge on any atom is -0.467 e. The third kappa shape index (κ3) is 6.93. The molecule has 0 aliphatic rings. The Morgan fingerprint density at radius 1 is 1.32 bits per heavy atom. The molecule has 6 heteroatoms. The van der Waals surface area contributed by atoms with Gasteiger partial charge in [-0.25, -0.2) is 4.79 Å². The minimum atomic E-state index is -0.660. The van der Waals surface area contributed by atoms with Crippen LogP contribution in [-0.2, 0) is 19.1 Å². The number of methoxy groups -OCH3 is 2. The van der Waals surface area contributed by atoms with Crippen LogP contribution in [0.2, 0.25) is 0 Å². The molecule has 0 aliphatic heterocycles. The molecule has 19 heavy (non-hydrogen) atoms. The van der Waals surface area contributed by atoms with Crippen molar-refractivity contribution in [2.75, 3.05) is 20.8 Å². The highest BCUT2D eigenvalue weighted by Crippen LogP contribution is 2.08. The number of esters is 1. The predicted octanol–water partition coefficient (Wildman–Crippen LogP) is 0.254. The van der Waals surface area contributed by atoms with Gasteiger partial charge in [0.1, 0.15) is 6.04 Å². The summed E-state index contributed by atoms with van der Waals surface area (Å²) >= 11 is 0. The summed E-state index contributed by atoms with van der Waals surface area (Å²) in [7, 11) is 2.79. The van der Waals surface area contributed by atoms with Crippen LogP contribution in [0.1, 0.15) is 20.3 Å². The molecule has 0 bridgehead atoms. The van der Waals surface area contributed by atoms with Crippen LogP contribution in [-0.4, -0.2) is 50.0 Å². The number of carbonyl (C=O) groups is 2. The van der Waals surface area contributed by atoms with Crippen molar-refractivity contribution in [2.45, 2.75) is 32.4 Å². The fourth-order valence-corrected chi connectivity index (χ4v) is 1.51. The van der Waals surface area contributed by atoms with Gasteiger partial charge in [0, 0.05) is 19.4 Å². The Labute approximate surface area is 113 Å². The normalized spacial score (nSPS) is 15.8. The van der Waals surface area contributed by atoms with E-state index < -0.39 is 12.0 Å². The number of hydrogen-bond acceptors (Lipinski definition) is 5. The SMILES string of the molecule is COC(=O)[C@H](C)NC(=O)C/C=C\[C@@H](C)[C@@H](CO)OC. The molecule has 0 spiro atoms. The number of hydrogen-bond donors (Lipinski definition) is 2. The number of aliphatic hydroxyl groups is 1. The van der Waals surface area contributed by atoms with E-state index in [0.29, 0.717) is 0 Å². The standard InChI is InChI=1S/C13H23NO5/c1-9(11(8-15)18-3)6-5-7-12(16)14-10(2)13(17)19-4/h5-6,9-11,15H,7-8H2,1-4H3,(H,14,16)/b6-5-/t9-,10+,11-/m1/s1. The van der Waals surface area contributed by atoms with Crippen molar-refractivity contribution in [3.8, 4) is 0 Å². The smallest absolute Gasteiger partial charge is 0.328 e. The van der Waals surface area contributed by atoms with E-state index in [1.807, 2.05) is 6.92 Å². The highest BCUT2D eigenvalue weighted by atomic mass is 16.5. The zero-order valence-electron chi connectivity index (χ0n) is 11.9. The largest absolute Gasteiger partial charge is 0.467 e. The van der Waals surface area contributed by atoms with E-state index in [4.69, 9.17) is 9.84 Å². The van der Waals surface area contributed by atoms with Crippen LogP contribution in [0.4, 0.5) is 0 Å². The van der Waals surface area contributed by atoms with E-state index in [0.717, 1.165) is 0 Å². The maximum Gasteiger partial charge on any atom is 0.328 e. The molecule has 0 heterocycles. The van der Waals surface area contributed by atoms with Crippen molar-refractivity contribution < 1.29 is 24.2 Å². The highest BCUT2D eigenvalue weighted by Gasteiger charge is 2.15. The zero-order valence-corrected chi connectivity index (χ0v) is 11.9. The van der Waals surface area contributed by atoms with Gasteiger partial charge in [0.15, 0.2) is 0 Å². The lowest BCUT2D eigenvalue weighted by Gasteiger charge is -2.17. The number of rotatable bonds is 8. The summed E-state index contributed by atoms with van der Waals surface area (Å²) in [5.74, 6) is -0.745. The molecule has 0 saturated carbocycles. The Morgan fingerprint density at radius 2 is 1.95 bits per heavy atom. The number of nitrogens with one attached hydrogen (secondary N) is 1. The van der Waals surface area contributed by atoms with Gasteiger partial charge < -0.3 is 19.9 Å². The van der Waals surface area contributed by atoms with Gasteiger partial charge in [0.25, 0.3) is 0 Å². The molecule has 0 aromatic rings. The molecule has 0 aromatic carbocycles. The fraction of sp³-hybridized carbons (Fsp3) is 0.692. The predicted molar refractivity (Wildman–Crippen MR) is 70.4 cm³/mol. The number of carbonyl (C=O) groups excluding carboxylic acids is 2. The van der Waals surface area contributed by atoms with Crippen molar-refractivity contribution in [3.63, 3.8) is 0 Å². The lowest BCUT2D eigenvalue weighted by Crippen LogP contribution is -2.38. The van der Waals surface area contributed by atoms with E-state index in [2.05, 4.69) is 10.1 Å². The molecule has 110 valence electrons. The van der Waals surface area contributed by atoms with Gasteiger partial charge in [-0.15, -0.1) is 0 Å². The molecule has 0 rings (SSSR count). The Hall–Kier alpha value is -1.40. The molecule has 0 aliphatic carbocycles. The maximum atomic E-state index is 11.5. The van der Waals surface area contributed by atoms with Gasteiger partial charge in [-0.3, -0.25) is 4.79 Å². The summed E-state index contributed by atoms with van der Waals surface area (Å²) in [4.78, 5) is 22.6. The van der Waals surface area contributed by atoms with Crippen molar-refractivity contribution in [2.24, 2.45) is 5.92 Å². The van der Waals surface area contributed by atoms with Gasteiger partial charge in [0.05, 0.1) is 19.8 Å². The van der Waals surface area contributed by atoms with E-state index in [9.17, 15) is 9.59 Å². The van der Waals surface area contributed by atoms with Crippen LogP contribution in [0.25, 0.3) is 0 Å². The topological polar surface area (TPSA) is 84.9 Å². The second-order valence-electron chi connectivity index (χ2n) is 4.26. The van der Waals surface area contributed by atoms with Crippen LogP contribution in [0, 0.1) is 5.92 Å². The fourth-order valence-electron chi connectivity index (χ4n) is 1.51. The Balaban J connectivity index is 4.12. The first-order chi connectivity index (χ1) is 8.96. The number of ether oxygens (including phenoxy) is 2. The second-order valence-corrected chi connectivity index (χ2v) is 4.26. The first-order valence-electron chi connectivity index (χ1n) is 6.13. The summed E-state index contributed by atoms with van der Waals surface area (Å²) in [5.41, 5.74) is 0. The van der Waals surface area contributed by atoms with Crippen molar-refractivity contribution in [1.82, 2.24) is 5.32 Å². The third-order valence-electron chi connectivity index (χ3n) is 2.74. The quantitative estimate of drug-likeness (QED) is 0.489. The molecular formula is C13H23NO5. The molecule has 1 amide bonds. The van der Waals surface area contributed by atoms with Gasteiger partial charge in [-0.05, 0) is 6.92 Å². The van der Waals surface area contributed by atoms with Crippen LogP contribution < -0.4 is 5.32 Å². The Bertz CT molecular complexity index is 312. The van der Waals surface area contributed by atoms with Crippen LogP contribution >= 0.6 is 0 Å². The Morgan fingerprint density at radius 3 is 2.42 bits per heavy atom. The summed E-state index contributed by atoms with van der Waals surface area (Å²) < 4.78 is 9.57. The number of amides is 1. The van der Waals surface area contributed by atoms with Crippen LogP contribution in [0.5, 0.6) is 0 Å². The molecule has 2 N–H and O–H groups in total. The average molecular weight is 273 g/mol. The van der Waals surface area contributed by atoms with Crippen molar-refractivity contribution in [3.05, 3.63) is 12.2 Å². The van der Waals surface area contributed by atoms with Crippen LogP contribution in [0.15, 0.2) is 12.2 Å². The molecule has 0 aromatic heterocycles. The van der Waals surface area contributed by atoms with Gasteiger partial charge in [0.2, 0.25) is 5.91 Å². The van der Waals surface area contributed by atoms with E-state index in [1.54, 1.807) is 19.1 Å². The lowest BCUT2D eigenvalue weighted by molar-refractivity contribution is -0.144. The zero-order chi connectivity index (χ0) is 14.8. The first kappa shape index (κ1) is 17.6. The Kier molecular flexibility index (Phi) is 8.82. The highest BCUT2D eigenvalue weighted by molar-refractivity contribution is 5.84. The average Bonchev–Trinajstić information content (AvgIpc) is 2.38. The van der Waals surface area contributed by atoms with Crippen molar-refractivity contribution in [1.29, 1.82) is 0 Å². The molecule has 3 atom stereocenters. The molecule has 0 saturated heterocycles. The van der Waals surface area contributed by atoms with E-state index in [-0.39, 0.29) is 31.0 Å². The monoisotopic (exact) mass is 273 g/mol. The minimum absolute atomic E-state index is 0.000769. The lowest BCUT2D eigenvalue weighted by atomic mass is 10.0. The van der Waals surface area contributed by atoms with Crippen molar-refractivity contribution >= 4 is 11.9 Å². The third-order valence-corrected chi connectivity index (χ3v) is 2.74. The van der Waals surface area contributed by atoms with Gasteiger partial charge >= 0.3 is 5.97 Å². The summed E-state index contributed by atoms with van der Waals surface area (Å²) in [6.07, 6.45) is 3.36. The van der Waals surface area contributed by atoms with Gasteiger partial charge in [-0.2, -0.15) is 0 Å². The maximum absolute atomic E-state index is 11.5. The molecule has 0 unspecified atom stereocenters. The molecule has 0 fully saturated rings. The van der Waals surface area contributed by atoms with Crippen LogP contribution in [0.3, 0.4) is 0 Å². The summed E-state index contributed by atoms with van der Waals surface area (Å²) in [5, 5.41) is 11.5. The van der Waals surface area contributed by atoms with E-state index in [1.165, 1.54) is 14.2 Å². The number of aliphatic hydroxyl groups excluding tert-OH is 1. The second kappa shape index (κ2) is 9.52. The summed E-state index contributed by atoms with van der Waals surface area (Å²) in [6, 6.07) is -0.660. The molecular weight excluding hydrogens is 250 g/mol. The van der Waals surface area contributed by atoms with E-state index >= 15 is 0 Å². The summed E-state index contributed by atoms with van der Waals surface area (Å²) in [6.45, 7) is 3.37. The molecule has 6 nitrogen and oxygen atoms in total. The van der Waals surface area contributed by atoms with Gasteiger partial charge in [-0.1, -0.05) is 19.1 Å². The first-order valence-corrected chi connectivity index (χ1v) is 6.13. The molecule has 0 radical (unpaired) electrons.